The number of ether oxygens (including phenoxy) is 1. The van der Waals surface area contributed by atoms with Crippen LogP contribution in [0.3, 0.4) is 0 Å². The second-order valence-corrected chi connectivity index (χ2v) is 9.92. The molecule has 4 aromatic carbocycles. The third-order valence-electron chi connectivity index (χ3n) is 7.83. The van der Waals surface area contributed by atoms with Crippen molar-refractivity contribution in [3.8, 4) is 16.9 Å². The lowest BCUT2D eigenvalue weighted by atomic mass is 9.62. The molecule has 2 atom stereocenters. The molecule has 0 heterocycles. The maximum absolute atomic E-state index is 15.1. The Morgan fingerprint density at radius 2 is 1.72 bits per heavy atom. The number of aliphatic hydroxyl groups excluding tert-OH is 1. The molecule has 2 aliphatic rings. The van der Waals surface area contributed by atoms with Crippen molar-refractivity contribution in [2.24, 2.45) is 0 Å². The number of benzene rings is 4. The van der Waals surface area contributed by atoms with Gasteiger partial charge in [0, 0.05) is 6.07 Å². The summed E-state index contributed by atoms with van der Waals surface area (Å²) >= 11 is 0. The van der Waals surface area contributed by atoms with Gasteiger partial charge in [0.15, 0.2) is 0 Å². The van der Waals surface area contributed by atoms with Crippen LogP contribution in [0.25, 0.3) is 17.2 Å². The predicted octanol–water partition coefficient (Wildman–Crippen LogP) is 7.25. The molecule has 6 rings (SSSR count). The van der Waals surface area contributed by atoms with Crippen molar-refractivity contribution in [2.45, 2.75) is 44.3 Å². The molecule has 2 nitrogen and oxygen atoms in total. The summed E-state index contributed by atoms with van der Waals surface area (Å²) in [6, 6.07) is 27.7. The van der Waals surface area contributed by atoms with Crippen LogP contribution in [-0.2, 0) is 24.9 Å². The molecule has 3 heteroatoms. The summed E-state index contributed by atoms with van der Waals surface area (Å²) in [4.78, 5) is 0. The number of rotatable bonds is 5. The fraction of sp³-hybridized carbons (Fsp3) is 0.212. The first-order valence-electron chi connectivity index (χ1n) is 12.6. The monoisotopic (exact) mass is 476 g/mol. The highest BCUT2D eigenvalue weighted by Crippen LogP contribution is 2.50. The van der Waals surface area contributed by atoms with Crippen LogP contribution in [0.2, 0.25) is 0 Å². The van der Waals surface area contributed by atoms with Crippen LogP contribution in [0.5, 0.6) is 5.75 Å². The van der Waals surface area contributed by atoms with E-state index in [0.29, 0.717) is 18.8 Å². The van der Waals surface area contributed by atoms with E-state index < -0.39 is 11.5 Å². The number of aryl methyl sites for hydroxylation is 1. The zero-order valence-corrected chi connectivity index (χ0v) is 20.4. The highest BCUT2D eigenvalue weighted by atomic mass is 19.1. The Morgan fingerprint density at radius 1 is 0.917 bits per heavy atom. The van der Waals surface area contributed by atoms with Crippen molar-refractivity contribution in [3.05, 3.63) is 130 Å². The Balaban J connectivity index is 1.50. The van der Waals surface area contributed by atoms with Gasteiger partial charge in [-0.2, -0.15) is 0 Å². The Kier molecular flexibility index (Phi) is 5.73. The molecule has 0 amide bonds. The minimum atomic E-state index is -0.769. The van der Waals surface area contributed by atoms with Gasteiger partial charge >= 0.3 is 0 Å². The van der Waals surface area contributed by atoms with Crippen molar-refractivity contribution in [2.75, 3.05) is 0 Å². The second kappa shape index (κ2) is 9.07. The fourth-order valence-electron chi connectivity index (χ4n) is 6.11. The molecular weight excluding hydrogens is 447 g/mol. The van der Waals surface area contributed by atoms with Gasteiger partial charge in [-0.25, -0.2) is 4.39 Å². The highest BCUT2D eigenvalue weighted by molar-refractivity contribution is 5.79. The van der Waals surface area contributed by atoms with E-state index >= 15 is 4.39 Å². The van der Waals surface area contributed by atoms with Gasteiger partial charge in [-0.3, -0.25) is 0 Å². The summed E-state index contributed by atoms with van der Waals surface area (Å²) in [5, 5.41) is 11.4. The first-order valence-corrected chi connectivity index (χ1v) is 12.6. The van der Waals surface area contributed by atoms with Crippen molar-refractivity contribution >= 4 is 6.08 Å². The van der Waals surface area contributed by atoms with E-state index in [9.17, 15) is 5.11 Å². The van der Waals surface area contributed by atoms with Crippen LogP contribution in [0.4, 0.5) is 4.39 Å². The van der Waals surface area contributed by atoms with Crippen molar-refractivity contribution in [1.29, 1.82) is 0 Å². The van der Waals surface area contributed by atoms with Gasteiger partial charge < -0.3 is 9.84 Å². The van der Waals surface area contributed by atoms with Gasteiger partial charge in [-0.1, -0.05) is 78.9 Å². The molecule has 1 N–H and O–H groups in total. The van der Waals surface area contributed by atoms with Crippen LogP contribution in [0.15, 0.2) is 91.0 Å². The summed E-state index contributed by atoms with van der Waals surface area (Å²) < 4.78 is 21.1. The third kappa shape index (κ3) is 3.75. The zero-order chi connectivity index (χ0) is 24.7. The molecule has 0 fully saturated rings. The van der Waals surface area contributed by atoms with Gasteiger partial charge in [0.05, 0.1) is 11.5 Å². The van der Waals surface area contributed by atoms with Crippen LogP contribution in [-0.4, -0.2) is 11.2 Å². The van der Waals surface area contributed by atoms with E-state index in [0.717, 1.165) is 35.1 Å². The lowest BCUT2D eigenvalue weighted by Crippen LogP contribution is -2.42. The molecule has 0 spiro atoms. The number of hydrogen-bond donors (Lipinski definition) is 1. The van der Waals surface area contributed by atoms with Gasteiger partial charge in [-0.05, 0) is 82.8 Å². The molecule has 0 bridgehead atoms. The second-order valence-electron chi connectivity index (χ2n) is 9.92. The Hall–Kier alpha value is -3.69. The molecule has 0 aliphatic heterocycles. The van der Waals surface area contributed by atoms with E-state index in [1.54, 1.807) is 6.07 Å². The average Bonchev–Trinajstić information content (AvgIpc) is 2.91. The first-order chi connectivity index (χ1) is 17.6. The third-order valence-corrected chi connectivity index (χ3v) is 7.83. The summed E-state index contributed by atoms with van der Waals surface area (Å²) in [7, 11) is 0. The first kappa shape index (κ1) is 22.8. The molecule has 0 saturated heterocycles. The van der Waals surface area contributed by atoms with Gasteiger partial charge in [0.1, 0.15) is 18.2 Å². The standard InChI is InChI=1S/C33H29FO2/c1-22(35)33(26-18-27(34)20-28(19-26)36-21-23-8-3-2-4-9-23)17-7-11-25-14-15-30-29-12-6-5-10-24(29)13-16-31(30)32(25)33/h2-12,14-15,18-20,22,35H,13,16-17,21H2,1H3. The Morgan fingerprint density at radius 3 is 2.56 bits per heavy atom. The van der Waals surface area contributed by atoms with Crippen LogP contribution in [0, 0.1) is 5.82 Å². The smallest absolute Gasteiger partial charge is 0.127 e. The van der Waals surface area contributed by atoms with Crippen LogP contribution < -0.4 is 4.74 Å². The van der Waals surface area contributed by atoms with Crippen LogP contribution in [0.1, 0.15) is 46.7 Å². The molecule has 36 heavy (non-hydrogen) atoms. The zero-order valence-electron chi connectivity index (χ0n) is 20.4. The summed E-state index contributed by atoms with van der Waals surface area (Å²) in [5.41, 5.74) is 8.28. The molecule has 180 valence electrons. The van der Waals surface area contributed by atoms with Gasteiger partial charge in [0.2, 0.25) is 0 Å². The number of hydrogen-bond acceptors (Lipinski definition) is 2. The summed E-state index contributed by atoms with van der Waals surface area (Å²) in [6.07, 6.45) is 5.96. The number of aliphatic hydroxyl groups is 1. The maximum atomic E-state index is 15.1. The Bertz CT molecular complexity index is 1450. The van der Waals surface area contributed by atoms with E-state index in [1.165, 1.54) is 28.3 Å². The molecule has 2 aliphatic carbocycles. The van der Waals surface area contributed by atoms with E-state index in [1.807, 2.05) is 43.3 Å². The minimum absolute atomic E-state index is 0.355. The predicted molar refractivity (Wildman–Crippen MR) is 143 cm³/mol. The lowest BCUT2D eigenvalue weighted by Gasteiger charge is -2.43. The summed E-state index contributed by atoms with van der Waals surface area (Å²) in [5.74, 6) is 0.113. The van der Waals surface area contributed by atoms with E-state index in [2.05, 4.69) is 48.6 Å². The largest absolute Gasteiger partial charge is 0.489 e. The van der Waals surface area contributed by atoms with Crippen molar-refractivity contribution in [1.82, 2.24) is 0 Å². The van der Waals surface area contributed by atoms with E-state index in [4.69, 9.17) is 4.74 Å². The number of halogens is 1. The molecule has 4 aromatic rings. The van der Waals surface area contributed by atoms with Crippen molar-refractivity contribution in [3.63, 3.8) is 0 Å². The van der Waals surface area contributed by atoms with Crippen LogP contribution >= 0.6 is 0 Å². The molecule has 0 aromatic heterocycles. The molecule has 2 unspecified atom stereocenters. The molecular formula is C33H29FO2. The number of fused-ring (bicyclic) bond motifs is 5. The van der Waals surface area contributed by atoms with E-state index in [-0.39, 0.29) is 5.82 Å². The minimum Gasteiger partial charge on any atom is -0.489 e. The SMILES string of the molecule is CC(O)C1(c2cc(F)cc(OCc3ccccc3)c2)CC=Cc2ccc3c(c21)CCc1ccccc1-3. The maximum Gasteiger partial charge on any atom is 0.127 e. The number of allylic oxidation sites excluding steroid dienone is 1. The fourth-order valence-corrected chi connectivity index (χ4v) is 6.11. The Labute approximate surface area is 211 Å². The van der Waals surface area contributed by atoms with Gasteiger partial charge in [-0.15, -0.1) is 0 Å². The topological polar surface area (TPSA) is 29.5 Å². The molecule has 0 radical (unpaired) electrons. The van der Waals surface area contributed by atoms with Crippen molar-refractivity contribution < 1.29 is 14.2 Å². The van der Waals surface area contributed by atoms with Gasteiger partial charge in [0.25, 0.3) is 0 Å². The normalized spacial score (nSPS) is 18.6. The summed E-state index contributed by atoms with van der Waals surface area (Å²) in [6.45, 7) is 2.18. The highest BCUT2D eigenvalue weighted by Gasteiger charge is 2.44. The molecule has 0 saturated carbocycles. The average molecular weight is 477 g/mol. The quantitative estimate of drug-likeness (QED) is 0.329. The lowest BCUT2D eigenvalue weighted by molar-refractivity contribution is 0.119.